The summed E-state index contributed by atoms with van der Waals surface area (Å²) < 4.78 is 0. The van der Waals surface area contributed by atoms with Gasteiger partial charge in [-0.3, -0.25) is 14.6 Å². The van der Waals surface area contributed by atoms with Gasteiger partial charge >= 0.3 is 0 Å². The summed E-state index contributed by atoms with van der Waals surface area (Å²) in [5, 5.41) is 2.40. The van der Waals surface area contributed by atoms with Crippen molar-refractivity contribution >= 4 is 16.7 Å². The Morgan fingerprint density at radius 1 is 1.19 bits per heavy atom. The Morgan fingerprint density at radius 3 is 2.77 bits per heavy atom. The fraction of sp³-hybridized carbons (Fsp3) is 0.286. The van der Waals surface area contributed by atoms with E-state index in [1.54, 1.807) is 13.0 Å². The summed E-state index contributed by atoms with van der Waals surface area (Å²) in [6.45, 7) is 3.20. The minimum atomic E-state index is -0.229. The lowest BCUT2D eigenvalue weighted by Crippen LogP contribution is -2.38. The molecular formula is C21H21N3O2. The number of aromatic amines is 1. The Labute approximate surface area is 151 Å². The summed E-state index contributed by atoms with van der Waals surface area (Å²) in [7, 11) is 0. The second-order valence-electron chi connectivity index (χ2n) is 6.93. The summed E-state index contributed by atoms with van der Waals surface area (Å²) in [4.78, 5) is 33.1. The van der Waals surface area contributed by atoms with Crippen molar-refractivity contribution in [1.82, 2.24) is 14.9 Å². The molecule has 1 aromatic carbocycles. The van der Waals surface area contributed by atoms with E-state index in [0.29, 0.717) is 30.3 Å². The zero-order chi connectivity index (χ0) is 18.1. The van der Waals surface area contributed by atoms with Crippen molar-refractivity contribution in [1.29, 1.82) is 0 Å². The molecule has 1 amide bonds. The molecular weight excluding hydrogens is 326 g/mol. The first-order valence-corrected chi connectivity index (χ1v) is 8.95. The molecule has 0 unspecified atom stereocenters. The van der Waals surface area contributed by atoms with E-state index in [2.05, 4.69) is 34.2 Å². The number of likely N-dealkylation sites (tertiary alicyclic amines) is 1. The monoisotopic (exact) mass is 347 g/mol. The Balaban J connectivity index is 1.52. The van der Waals surface area contributed by atoms with Crippen LogP contribution in [-0.2, 0) is 0 Å². The van der Waals surface area contributed by atoms with Crippen molar-refractivity contribution in [3.05, 3.63) is 76.0 Å². The van der Waals surface area contributed by atoms with Gasteiger partial charge in [0.1, 0.15) is 0 Å². The van der Waals surface area contributed by atoms with Gasteiger partial charge in [-0.25, -0.2) is 0 Å². The Morgan fingerprint density at radius 2 is 2.00 bits per heavy atom. The van der Waals surface area contributed by atoms with Gasteiger partial charge in [-0.05, 0) is 48.8 Å². The van der Waals surface area contributed by atoms with Crippen molar-refractivity contribution in [2.75, 3.05) is 13.1 Å². The second-order valence-corrected chi connectivity index (χ2v) is 6.93. The number of nitrogens with one attached hydrogen (secondary N) is 1. The number of hydrogen-bond donors (Lipinski definition) is 1. The average molecular weight is 347 g/mol. The number of piperidine rings is 1. The molecule has 5 nitrogen and oxygen atoms in total. The number of hydrogen-bond acceptors (Lipinski definition) is 3. The maximum absolute atomic E-state index is 12.7. The zero-order valence-electron chi connectivity index (χ0n) is 14.7. The molecule has 3 aromatic rings. The minimum Gasteiger partial charge on any atom is -0.339 e. The highest BCUT2D eigenvalue weighted by molar-refractivity contribution is 5.94. The topological polar surface area (TPSA) is 66.1 Å². The number of aromatic nitrogens is 2. The molecule has 5 heteroatoms. The zero-order valence-corrected chi connectivity index (χ0v) is 14.7. The number of fused-ring (bicyclic) bond motifs is 1. The summed E-state index contributed by atoms with van der Waals surface area (Å²) in [6, 6.07) is 11.5. The van der Waals surface area contributed by atoms with Gasteiger partial charge in [0.25, 0.3) is 5.91 Å². The SMILES string of the molecule is Cc1cc(C(=O)N2CCC(c3cccc4cnccc34)CC2)cc(=O)[nH]1. The van der Waals surface area contributed by atoms with E-state index in [1.165, 1.54) is 17.0 Å². The third-order valence-electron chi connectivity index (χ3n) is 5.16. The molecule has 3 heterocycles. The Kier molecular flexibility index (Phi) is 4.29. The Bertz CT molecular complexity index is 1010. The van der Waals surface area contributed by atoms with Gasteiger partial charge in [0.15, 0.2) is 0 Å². The van der Waals surface area contributed by atoms with Crippen LogP contribution in [0.15, 0.2) is 53.6 Å². The van der Waals surface area contributed by atoms with Crippen molar-refractivity contribution in [2.45, 2.75) is 25.7 Å². The lowest BCUT2D eigenvalue weighted by atomic mass is 9.86. The van der Waals surface area contributed by atoms with E-state index >= 15 is 0 Å². The number of rotatable bonds is 2. The van der Waals surface area contributed by atoms with Gasteiger partial charge in [0, 0.05) is 48.2 Å². The molecule has 132 valence electrons. The lowest BCUT2D eigenvalue weighted by molar-refractivity contribution is 0.0713. The molecule has 0 spiro atoms. The number of carbonyl (C=O) groups is 1. The van der Waals surface area contributed by atoms with E-state index in [9.17, 15) is 9.59 Å². The first kappa shape index (κ1) is 16.5. The molecule has 1 fully saturated rings. The number of pyridine rings is 2. The number of H-pyrrole nitrogens is 1. The van der Waals surface area contributed by atoms with Crippen LogP contribution in [0, 0.1) is 6.92 Å². The third kappa shape index (κ3) is 3.12. The highest BCUT2D eigenvalue weighted by Crippen LogP contribution is 2.33. The van der Waals surface area contributed by atoms with Crippen LogP contribution in [0.2, 0.25) is 0 Å². The lowest BCUT2D eigenvalue weighted by Gasteiger charge is -2.32. The molecule has 0 radical (unpaired) electrons. The van der Waals surface area contributed by atoms with E-state index < -0.39 is 0 Å². The van der Waals surface area contributed by atoms with Crippen LogP contribution in [0.5, 0.6) is 0 Å². The molecule has 1 aliphatic rings. The molecule has 1 aliphatic heterocycles. The average Bonchev–Trinajstić information content (AvgIpc) is 2.66. The van der Waals surface area contributed by atoms with Gasteiger partial charge in [0.05, 0.1) is 0 Å². The second kappa shape index (κ2) is 6.75. The molecule has 26 heavy (non-hydrogen) atoms. The predicted molar refractivity (Wildman–Crippen MR) is 101 cm³/mol. The number of benzene rings is 1. The highest BCUT2D eigenvalue weighted by atomic mass is 16.2. The molecule has 1 saturated heterocycles. The molecule has 2 aromatic heterocycles. The molecule has 0 saturated carbocycles. The Hall–Kier alpha value is -2.95. The standard InChI is InChI=1S/C21H21N3O2/c1-14-11-17(12-20(25)23-14)21(26)24-9-6-15(7-10-24)18-4-2-3-16-13-22-8-5-19(16)18/h2-5,8,11-13,15H,6-7,9-10H2,1H3,(H,23,25). The van der Waals surface area contributed by atoms with Crippen LogP contribution in [0.3, 0.4) is 0 Å². The first-order valence-electron chi connectivity index (χ1n) is 8.95. The van der Waals surface area contributed by atoms with E-state index in [1.807, 2.05) is 17.3 Å². The van der Waals surface area contributed by atoms with Crippen molar-refractivity contribution in [3.63, 3.8) is 0 Å². The quantitative estimate of drug-likeness (QED) is 0.774. The highest BCUT2D eigenvalue weighted by Gasteiger charge is 2.25. The van der Waals surface area contributed by atoms with Crippen molar-refractivity contribution < 1.29 is 4.79 Å². The third-order valence-corrected chi connectivity index (χ3v) is 5.16. The van der Waals surface area contributed by atoms with Crippen LogP contribution < -0.4 is 5.56 Å². The minimum absolute atomic E-state index is 0.0558. The molecule has 4 rings (SSSR count). The fourth-order valence-corrected chi connectivity index (χ4v) is 3.89. The number of aryl methyl sites for hydroxylation is 1. The van der Waals surface area contributed by atoms with Gasteiger partial charge in [-0.1, -0.05) is 18.2 Å². The molecule has 1 N–H and O–H groups in total. The van der Waals surface area contributed by atoms with E-state index in [-0.39, 0.29) is 11.5 Å². The van der Waals surface area contributed by atoms with Crippen LogP contribution in [0.4, 0.5) is 0 Å². The summed E-state index contributed by atoms with van der Waals surface area (Å²) >= 11 is 0. The van der Waals surface area contributed by atoms with Crippen LogP contribution in [0.1, 0.15) is 40.4 Å². The smallest absolute Gasteiger partial charge is 0.254 e. The molecule has 0 aliphatic carbocycles. The van der Waals surface area contributed by atoms with Crippen LogP contribution in [0.25, 0.3) is 10.8 Å². The van der Waals surface area contributed by atoms with Gasteiger partial charge in [-0.15, -0.1) is 0 Å². The predicted octanol–water partition coefficient (Wildman–Crippen LogP) is 3.25. The normalized spacial score (nSPS) is 15.3. The summed E-state index contributed by atoms with van der Waals surface area (Å²) in [5.41, 5.74) is 2.29. The van der Waals surface area contributed by atoms with Gasteiger partial charge < -0.3 is 9.88 Å². The maximum Gasteiger partial charge on any atom is 0.254 e. The maximum atomic E-state index is 12.7. The number of carbonyl (C=O) groups excluding carboxylic acids is 1. The van der Waals surface area contributed by atoms with Gasteiger partial charge in [0.2, 0.25) is 5.56 Å². The van der Waals surface area contributed by atoms with Gasteiger partial charge in [-0.2, -0.15) is 0 Å². The first-order chi connectivity index (χ1) is 12.6. The van der Waals surface area contributed by atoms with E-state index in [0.717, 1.165) is 18.2 Å². The number of nitrogens with zero attached hydrogens (tertiary/aromatic N) is 2. The largest absolute Gasteiger partial charge is 0.339 e. The van der Waals surface area contributed by atoms with Crippen LogP contribution >= 0.6 is 0 Å². The number of amides is 1. The van der Waals surface area contributed by atoms with Crippen molar-refractivity contribution in [2.24, 2.45) is 0 Å². The summed E-state index contributed by atoms with van der Waals surface area (Å²) in [5.74, 6) is 0.380. The summed E-state index contributed by atoms with van der Waals surface area (Å²) in [6.07, 6.45) is 5.58. The van der Waals surface area contributed by atoms with Crippen molar-refractivity contribution in [3.8, 4) is 0 Å². The van der Waals surface area contributed by atoms with E-state index in [4.69, 9.17) is 0 Å². The fourth-order valence-electron chi connectivity index (χ4n) is 3.89. The van der Waals surface area contributed by atoms with Crippen LogP contribution in [-0.4, -0.2) is 33.9 Å². The molecule has 0 bridgehead atoms. The molecule has 0 atom stereocenters.